The lowest BCUT2D eigenvalue weighted by molar-refractivity contribution is -0.147. The number of hydrogen-bond acceptors (Lipinski definition) is 4. The van der Waals surface area contributed by atoms with Gasteiger partial charge < -0.3 is 14.1 Å². The molecule has 0 saturated heterocycles. The smallest absolute Gasteiger partial charge is 0.310 e. The van der Waals surface area contributed by atoms with E-state index in [1.165, 1.54) is 0 Å². The highest BCUT2D eigenvalue weighted by atomic mass is 16.5. The predicted octanol–water partition coefficient (Wildman–Crippen LogP) is 5.11. The van der Waals surface area contributed by atoms with Crippen molar-refractivity contribution >= 4 is 39.3 Å². The Labute approximate surface area is 174 Å². The SMILES string of the molecule is CC(C)N(C(=O)COC(=O)Cc1coc2ccc3ccccc3c12)c1ccccc1. The van der Waals surface area contributed by atoms with E-state index >= 15 is 0 Å². The van der Waals surface area contributed by atoms with Gasteiger partial charge in [0.15, 0.2) is 6.61 Å². The zero-order valence-corrected chi connectivity index (χ0v) is 17.0. The third kappa shape index (κ3) is 3.92. The van der Waals surface area contributed by atoms with E-state index in [1.54, 1.807) is 11.2 Å². The van der Waals surface area contributed by atoms with Gasteiger partial charge in [0.2, 0.25) is 0 Å². The van der Waals surface area contributed by atoms with E-state index in [4.69, 9.17) is 9.15 Å². The summed E-state index contributed by atoms with van der Waals surface area (Å²) in [4.78, 5) is 26.8. The maximum absolute atomic E-state index is 12.7. The number of ether oxygens (including phenoxy) is 1. The van der Waals surface area contributed by atoms with Crippen molar-refractivity contribution in [1.82, 2.24) is 0 Å². The molecule has 0 aliphatic rings. The Hall–Kier alpha value is -3.60. The molecule has 0 aliphatic heterocycles. The lowest BCUT2D eigenvalue weighted by Crippen LogP contribution is -2.40. The summed E-state index contributed by atoms with van der Waals surface area (Å²) in [6, 6.07) is 21.2. The third-order valence-electron chi connectivity index (χ3n) is 5.05. The van der Waals surface area contributed by atoms with E-state index in [-0.39, 0.29) is 25.0 Å². The van der Waals surface area contributed by atoms with E-state index in [0.717, 1.165) is 33.0 Å². The van der Waals surface area contributed by atoms with Gasteiger partial charge in [-0.15, -0.1) is 0 Å². The number of nitrogens with zero attached hydrogens (tertiary/aromatic N) is 1. The van der Waals surface area contributed by atoms with E-state index in [0.29, 0.717) is 0 Å². The summed E-state index contributed by atoms with van der Waals surface area (Å²) in [7, 11) is 0. The Kier molecular flexibility index (Phi) is 5.53. The summed E-state index contributed by atoms with van der Waals surface area (Å²) in [5.74, 6) is -0.720. The Morgan fingerprint density at radius 1 is 0.967 bits per heavy atom. The number of benzene rings is 3. The summed E-state index contributed by atoms with van der Waals surface area (Å²) in [6.07, 6.45) is 1.63. The second-order valence-corrected chi connectivity index (χ2v) is 7.45. The first-order valence-electron chi connectivity index (χ1n) is 9.95. The van der Waals surface area contributed by atoms with Gasteiger partial charge in [0.05, 0.1) is 12.7 Å². The van der Waals surface area contributed by atoms with Crippen molar-refractivity contribution in [2.75, 3.05) is 11.5 Å². The lowest BCUT2D eigenvalue weighted by atomic mass is 10.0. The van der Waals surface area contributed by atoms with Gasteiger partial charge in [-0.25, -0.2) is 0 Å². The first-order chi connectivity index (χ1) is 14.5. The van der Waals surface area contributed by atoms with Gasteiger partial charge in [0.25, 0.3) is 5.91 Å². The van der Waals surface area contributed by atoms with Crippen LogP contribution in [-0.4, -0.2) is 24.5 Å². The molecule has 3 aromatic carbocycles. The summed E-state index contributed by atoms with van der Waals surface area (Å²) in [5.41, 5.74) is 2.26. The topological polar surface area (TPSA) is 59.8 Å². The minimum absolute atomic E-state index is 0.0430. The molecule has 0 atom stereocenters. The van der Waals surface area contributed by atoms with Crippen LogP contribution in [0.1, 0.15) is 19.4 Å². The average molecular weight is 401 g/mol. The monoisotopic (exact) mass is 401 g/mol. The molecule has 0 N–H and O–H groups in total. The number of carbonyl (C=O) groups is 2. The Bertz CT molecular complexity index is 1190. The standard InChI is InChI=1S/C25H23NO4/c1-17(2)26(20-9-4-3-5-10-20)23(27)16-30-24(28)14-19-15-29-22-13-12-18-8-6-7-11-21(18)25(19)22/h3-13,15,17H,14,16H2,1-2H3. The van der Waals surface area contributed by atoms with E-state index in [9.17, 15) is 9.59 Å². The highest BCUT2D eigenvalue weighted by Gasteiger charge is 2.21. The molecule has 0 saturated carbocycles. The number of para-hydroxylation sites is 1. The molecule has 0 aliphatic carbocycles. The molecule has 1 amide bonds. The van der Waals surface area contributed by atoms with Gasteiger partial charge >= 0.3 is 5.97 Å². The Morgan fingerprint density at radius 3 is 2.47 bits per heavy atom. The normalized spacial score (nSPS) is 11.2. The average Bonchev–Trinajstić information content (AvgIpc) is 3.16. The Morgan fingerprint density at radius 2 is 1.70 bits per heavy atom. The van der Waals surface area contributed by atoms with Crippen LogP contribution in [0.25, 0.3) is 21.7 Å². The number of rotatable bonds is 6. The largest absolute Gasteiger partial charge is 0.464 e. The molecule has 5 nitrogen and oxygen atoms in total. The van der Waals surface area contributed by atoms with Crippen LogP contribution in [-0.2, 0) is 20.7 Å². The maximum atomic E-state index is 12.7. The number of furan rings is 1. The van der Waals surface area contributed by atoms with Crippen molar-refractivity contribution < 1.29 is 18.7 Å². The summed E-state index contributed by atoms with van der Waals surface area (Å²) in [6.45, 7) is 3.55. The van der Waals surface area contributed by atoms with Gasteiger partial charge in [0.1, 0.15) is 5.58 Å². The minimum atomic E-state index is -0.462. The first-order valence-corrected chi connectivity index (χ1v) is 9.95. The van der Waals surface area contributed by atoms with Crippen molar-refractivity contribution in [2.45, 2.75) is 26.3 Å². The highest BCUT2D eigenvalue weighted by molar-refractivity contribution is 6.08. The zero-order chi connectivity index (χ0) is 21.1. The van der Waals surface area contributed by atoms with Crippen LogP contribution in [0.15, 0.2) is 77.4 Å². The number of carbonyl (C=O) groups excluding carboxylic acids is 2. The molecular formula is C25H23NO4. The maximum Gasteiger partial charge on any atom is 0.310 e. The van der Waals surface area contributed by atoms with Crippen LogP contribution in [0.2, 0.25) is 0 Å². The molecule has 0 bridgehead atoms. The number of esters is 1. The summed E-state index contributed by atoms with van der Waals surface area (Å²) >= 11 is 0. The van der Waals surface area contributed by atoms with Crippen molar-refractivity contribution in [3.63, 3.8) is 0 Å². The van der Waals surface area contributed by atoms with Crippen LogP contribution in [0.5, 0.6) is 0 Å². The molecule has 1 aromatic heterocycles. The van der Waals surface area contributed by atoms with Crippen molar-refractivity contribution in [1.29, 1.82) is 0 Å². The third-order valence-corrected chi connectivity index (χ3v) is 5.05. The van der Waals surface area contributed by atoms with Gasteiger partial charge in [0, 0.05) is 22.7 Å². The predicted molar refractivity (Wildman–Crippen MR) is 117 cm³/mol. The molecule has 152 valence electrons. The van der Waals surface area contributed by atoms with Crippen LogP contribution >= 0.6 is 0 Å². The number of anilines is 1. The zero-order valence-electron chi connectivity index (χ0n) is 17.0. The Balaban J connectivity index is 1.48. The molecule has 4 rings (SSSR count). The molecule has 0 radical (unpaired) electrons. The van der Waals surface area contributed by atoms with Crippen LogP contribution in [0, 0.1) is 0 Å². The molecule has 5 heteroatoms. The molecule has 30 heavy (non-hydrogen) atoms. The molecule has 0 unspecified atom stereocenters. The fourth-order valence-electron chi connectivity index (χ4n) is 3.74. The highest BCUT2D eigenvalue weighted by Crippen LogP contribution is 2.30. The summed E-state index contributed by atoms with van der Waals surface area (Å²) in [5, 5.41) is 3.01. The molecule has 0 spiro atoms. The van der Waals surface area contributed by atoms with Gasteiger partial charge in [-0.3, -0.25) is 9.59 Å². The molecular weight excluding hydrogens is 378 g/mol. The van der Waals surface area contributed by atoms with E-state index < -0.39 is 5.97 Å². The molecule has 4 aromatic rings. The summed E-state index contributed by atoms with van der Waals surface area (Å²) < 4.78 is 10.9. The van der Waals surface area contributed by atoms with Crippen LogP contribution in [0.4, 0.5) is 5.69 Å². The van der Waals surface area contributed by atoms with Gasteiger partial charge in [-0.05, 0) is 42.8 Å². The molecule has 1 heterocycles. The molecule has 0 fully saturated rings. The second kappa shape index (κ2) is 8.41. The minimum Gasteiger partial charge on any atom is -0.464 e. The quantitative estimate of drug-likeness (QED) is 0.421. The number of hydrogen-bond donors (Lipinski definition) is 0. The van der Waals surface area contributed by atoms with Gasteiger partial charge in [-0.1, -0.05) is 48.5 Å². The number of fused-ring (bicyclic) bond motifs is 3. The van der Waals surface area contributed by atoms with Crippen molar-refractivity contribution in [2.24, 2.45) is 0 Å². The van der Waals surface area contributed by atoms with Crippen molar-refractivity contribution in [3.05, 3.63) is 78.6 Å². The fourth-order valence-corrected chi connectivity index (χ4v) is 3.74. The first kappa shape index (κ1) is 19.7. The van der Waals surface area contributed by atoms with E-state index in [1.807, 2.05) is 80.6 Å². The number of amides is 1. The fraction of sp³-hybridized carbons (Fsp3) is 0.200. The lowest BCUT2D eigenvalue weighted by Gasteiger charge is -2.26. The van der Waals surface area contributed by atoms with Crippen LogP contribution < -0.4 is 4.90 Å². The second-order valence-electron chi connectivity index (χ2n) is 7.45. The van der Waals surface area contributed by atoms with Gasteiger partial charge in [-0.2, -0.15) is 0 Å². The van der Waals surface area contributed by atoms with E-state index in [2.05, 4.69) is 0 Å². The van der Waals surface area contributed by atoms with Crippen LogP contribution in [0.3, 0.4) is 0 Å². The van der Waals surface area contributed by atoms with Crippen molar-refractivity contribution in [3.8, 4) is 0 Å².